The molecule has 0 aliphatic carbocycles. The third-order valence-electron chi connectivity index (χ3n) is 6.44. The summed E-state index contributed by atoms with van der Waals surface area (Å²) in [5, 5.41) is 11.2. The number of aryl methyl sites for hydroxylation is 1. The van der Waals surface area contributed by atoms with Gasteiger partial charge >= 0.3 is 0 Å². The van der Waals surface area contributed by atoms with Crippen LogP contribution in [-0.2, 0) is 19.9 Å². The monoisotopic (exact) mass is 452 g/mol. The molecule has 0 aromatic heterocycles. The number of Topliss-reactive ketones (excluding diaryl/α,β-unsaturated/α-hetero) is 1. The minimum Gasteiger partial charge on any atom is -0.507 e. The maximum Gasteiger partial charge on any atom is 0.296 e. The first kappa shape index (κ1) is 22.7. The first-order valence-corrected chi connectivity index (χ1v) is 10.9. The second kappa shape index (κ2) is 8.12. The summed E-state index contributed by atoms with van der Waals surface area (Å²) >= 11 is 0. The topological polar surface area (TPSA) is 82.4 Å². The van der Waals surface area contributed by atoms with Gasteiger partial charge in [0.05, 0.1) is 26.2 Å². The van der Waals surface area contributed by atoms with Crippen molar-refractivity contribution in [2.75, 3.05) is 39.1 Å². The molecule has 2 aromatic rings. The van der Waals surface area contributed by atoms with Crippen molar-refractivity contribution in [1.82, 2.24) is 4.90 Å². The lowest BCUT2D eigenvalue weighted by Gasteiger charge is -2.34. The summed E-state index contributed by atoms with van der Waals surface area (Å²) in [6, 6.07) is 11.0. The van der Waals surface area contributed by atoms with Crippen molar-refractivity contribution < 1.29 is 28.8 Å². The van der Waals surface area contributed by atoms with Crippen LogP contribution in [0.1, 0.15) is 23.1 Å². The molecular weight excluding hydrogens is 425 g/mol. The van der Waals surface area contributed by atoms with Crippen molar-refractivity contribution in [3.05, 3.63) is 70.5 Å². The minimum atomic E-state index is -1.80. The van der Waals surface area contributed by atoms with Gasteiger partial charge in [0.15, 0.2) is 5.54 Å². The molecule has 1 spiro atoms. The number of aliphatic hydroxyl groups excluding tert-OH is 1. The third-order valence-corrected chi connectivity index (χ3v) is 6.44. The second-order valence-corrected chi connectivity index (χ2v) is 8.88. The van der Waals surface area contributed by atoms with Crippen LogP contribution in [0, 0.1) is 12.7 Å². The quantitative estimate of drug-likeness (QED) is 0.406. The number of carbonyl (C=O) groups is 3. The summed E-state index contributed by atoms with van der Waals surface area (Å²) in [6.45, 7) is 2.45. The molecule has 8 heteroatoms. The van der Waals surface area contributed by atoms with Gasteiger partial charge in [-0.2, -0.15) is 0 Å². The Balaban J connectivity index is 2.00. The predicted octanol–water partition coefficient (Wildman–Crippen LogP) is 1.22. The van der Waals surface area contributed by atoms with Crippen LogP contribution in [0.2, 0.25) is 0 Å². The molecule has 1 fully saturated rings. The number of fused-ring (bicyclic) bond motifs is 2. The number of hydrogen-bond donors (Lipinski definition) is 2. The van der Waals surface area contributed by atoms with Crippen molar-refractivity contribution >= 4 is 29.0 Å². The van der Waals surface area contributed by atoms with Crippen LogP contribution < -0.4 is 9.80 Å². The van der Waals surface area contributed by atoms with Crippen molar-refractivity contribution in [2.45, 2.75) is 18.9 Å². The number of amides is 2. The minimum absolute atomic E-state index is 0.0352. The molecule has 1 saturated heterocycles. The van der Waals surface area contributed by atoms with Gasteiger partial charge in [0.25, 0.3) is 17.6 Å². The first-order chi connectivity index (χ1) is 15.6. The Morgan fingerprint density at radius 1 is 1.12 bits per heavy atom. The van der Waals surface area contributed by atoms with Gasteiger partial charge in [-0.05, 0) is 24.6 Å². The molecule has 7 nitrogen and oxygen atoms in total. The van der Waals surface area contributed by atoms with E-state index in [1.54, 1.807) is 38.2 Å². The van der Waals surface area contributed by atoms with Gasteiger partial charge in [0, 0.05) is 36.8 Å². The molecule has 1 unspecified atom stereocenters. The van der Waals surface area contributed by atoms with Crippen LogP contribution in [0.25, 0.3) is 5.76 Å². The Morgan fingerprint density at radius 3 is 2.48 bits per heavy atom. The number of halogens is 1. The number of para-hydroxylation sites is 1. The molecule has 2 heterocycles. The summed E-state index contributed by atoms with van der Waals surface area (Å²) in [7, 11) is 5.52. The summed E-state index contributed by atoms with van der Waals surface area (Å²) < 4.78 is 14.3. The van der Waals surface area contributed by atoms with Crippen molar-refractivity contribution in [3.8, 4) is 0 Å². The number of likely N-dealkylation sites (tertiary alicyclic amines) is 1. The van der Waals surface area contributed by atoms with Gasteiger partial charge in [0.2, 0.25) is 0 Å². The van der Waals surface area contributed by atoms with E-state index in [4.69, 9.17) is 0 Å². The van der Waals surface area contributed by atoms with Crippen LogP contribution in [0.5, 0.6) is 0 Å². The molecule has 4 rings (SSSR count). The highest BCUT2D eigenvalue weighted by molar-refractivity contribution is 6.50. The molecule has 0 radical (unpaired) electrons. The first-order valence-electron chi connectivity index (χ1n) is 10.9. The van der Waals surface area contributed by atoms with Crippen molar-refractivity contribution in [1.29, 1.82) is 0 Å². The van der Waals surface area contributed by atoms with Crippen LogP contribution in [0.15, 0.2) is 48.0 Å². The van der Waals surface area contributed by atoms with Crippen molar-refractivity contribution in [2.24, 2.45) is 0 Å². The molecule has 0 saturated carbocycles. The van der Waals surface area contributed by atoms with E-state index in [1.807, 2.05) is 14.1 Å². The average molecular weight is 453 g/mol. The number of benzene rings is 2. The van der Waals surface area contributed by atoms with E-state index in [2.05, 4.69) is 0 Å². The molecular formula is C25H27FN3O4+. The summed E-state index contributed by atoms with van der Waals surface area (Å²) in [4.78, 5) is 44.2. The molecule has 2 N–H and O–H groups in total. The number of carbonyl (C=O) groups excluding carboxylic acids is 3. The lowest BCUT2D eigenvalue weighted by atomic mass is 9.81. The van der Waals surface area contributed by atoms with Gasteiger partial charge in [-0.3, -0.25) is 14.4 Å². The van der Waals surface area contributed by atoms with E-state index < -0.39 is 34.7 Å². The fourth-order valence-corrected chi connectivity index (χ4v) is 4.75. The van der Waals surface area contributed by atoms with E-state index in [0.29, 0.717) is 29.8 Å². The van der Waals surface area contributed by atoms with Crippen molar-refractivity contribution in [3.63, 3.8) is 0 Å². The Labute approximate surface area is 191 Å². The Kier molecular flexibility index (Phi) is 5.57. The molecule has 2 aromatic carbocycles. The predicted molar refractivity (Wildman–Crippen MR) is 121 cm³/mol. The average Bonchev–Trinajstić information content (AvgIpc) is 3.14. The maximum atomic E-state index is 14.3. The van der Waals surface area contributed by atoms with Gasteiger partial charge in [0.1, 0.15) is 11.6 Å². The molecule has 0 bridgehead atoms. The maximum absolute atomic E-state index is 14.3. The smallest absolute Gasteiger partial charge is 0.296 e. The SMILES string of the molecule is Cc1ccc(C(O)=C2C(=O)C(=O)N(CCC[NH+](C)C)C23C(=O)N(C)c2ccccc23)cc1F. The highest BCUT2D eigenvalue weighted by atomic mass is 19.1. The Morgan fingerprint density at radius 2 is 1.82 bits per heavy atom. The zero-order valence-corrected chi connectivity index (χ0v) is 19.1. The number of anilines is 1. The number of aliphatic hydroxyl groups is 1. The van der Waals surface area contributed by atoms with Crippen LogP contribution in [0.3, 0.4) is 0 Å². The molecule has 33 heavy (non-hydrogen) atoms. The summed E-state index contributed by atoms with van der Waals surface area (Å²) in [5.41, 5.74) is -0.721. The largest absolute Gasteiger partial charge is 0.507 e. The lowest BCUT2D eigenvalue weighted by Crippen LogP contribution is -3.05. The van der Waals surface area contributed by atoms with E-state index in [-0.39, 0.29) is 17.7 Å². The standard InChI is InChI=1S/C25H26FN3O4/c1-15-10-11-16(14-18(15)26)21(30)20-22(31)23(32)29(13-7-12-27(2)3)25(20)17-8-5-6-9-19(17)28(4)24(25)33/h5-6,8-11,14,30H,7,12-13H2,1-4H3/p+1. The molecule has 2 amide bonds. The number of likely N-dealkylation sites (N-methyl/N-ethyl adjacent to an activating group) is 1. The van der Waals surface area contributed by atoms with Gasteiger partial charge < -0.3 is 19.8 Å². The number of nitrogens with one attached hydrogen (secondary N) is 1. The summed E-state index contributed by atoms with van der Waals surface area (Å²) in [6.07, 6.45) is 0.551. The van der Waals surface area contributed by atoms with Gasteiger partial charge in [-0.15, -0.1) is 0 Å². The lowest BCUT2D eigenvalue weighted by molar-refractivity contribution is -0.858. The van der Waals surface area contributed by atoms with E-state index in [0.717, 1.165) is 11.0 Å². The van der Waals surface area contributed by atoms with E-state index in [9.17, 15) is 23.9 Å². The van der Waals surface area contributed by atoms with E-state index >= 15 is 0 Å². The van der Waals surface area contributed by atoms with Gasteiger partial charge in [-0.1, -0.05) is 30.3 Å². The normalized spacial score (nSPS) is 21.6. The fourth-order valence-electron chi connectivity index (χ4n) is 4.75. The molecule has 2 aliphatic heterocycles. The molecule has 172 valence electrons. The van der Waals surface area contributed by atoms with Crippen LogP contribution in [0.4, 0.5) is 10.1 Å². The third kappa shape index (κ3) is 3.24. The zero-order chi connectivity index (χ0) is 24.1. The summed E-state index contributed by atoms with van der Waals surface area (Å²) in [5.74, 6) is -3.44. The number of hydrogen-bond acceptors (Lipinski definition) is 4. The number of rotatable bonds is 5. The molecule has 2 aliphatic rings. The number of quaternary nitrogens is 1. The Bertz CT molecular complexity index is 1210. The fraction of sp³-hybridized carbons (Fsp3) is 0.320. The zero-order valence-electron chi connectivity index (χ0n) is 19.1. The highest BCUT2D eigenvalue weighted by Gasteiger charge is 2.66. The highest BCUT2D eigenvalue weighted by Crippen LogP contribution is 2.53. The number of ketones is 1. The Hall–Kier alpha value is -3.52. The van der Waals surface area contributed by atoms with Gasteiger partial charge in [-0.25, -0.2) is 4.39 Å². The van der Waals surface area contributed by atoms with E-state index in [1.165, 1.54) is 21.9 Å². The molecule has 1 atom stereocenters. The number of nitrogens with zero attached hydrogens (tertiary/aromatic N) is 2. The van der Waals surface area contributed by atoms with Crippen LogP contribution in [-0.4, -0.2) is 61.8 Å². The van der Waals surface area contributed by atoms with Crippen LogP contribution >= 0.6 is 0 Å². The second-order valence-electron chi connectivity index (χ2n) is 8.88.